The van der Waals surface area contributed by atoms with Crippen LogP contribution in [0.15, 0.2) is 12.3 Å². The van der Waals surface area contributed by atoms with E-state index in [1.165, 1.54) is 17.7 Å². The van der Waals surface area contributed by atoms with Crippen molar-refractivity contribution in [2.75, 3.05) is 13.2 Å². The molecule has 3 N–H and O–H groups in total. The van der Waals surface area contributed by atoms with Crippen molar-refractivity contribution in [3.63, 3.8) is 0 Å². The molecule has 106 valence electrons. The molecule has 0 fully saturated rings. The monoisotopic (exact) mass is 271 g/mol. The van der Waals surface area contributed by atoms with Crippen molar-refractivity contribution in [2.24, 2.45) is 0 Å². The highest BCUT2D eigenvalue weighted by molar-refractivity contribution is 5.94. The van der Waals surface area contributed by atoms with Gasteiger partial charge in [-0.2, -0.15) is 0 Å². The maximum Gasteiger partial charge on any atom is 0.287 e. The number of carbonyl (C=O) groups is 1. The van der Waals surface area contributed by atoms with Gasteiger partial charge < -0.3 is 20.1 Å². The van der Waals surface area contributed by atoms with Crippen molar-refractivity contribution in [2.45, 2.75) is 25.9 Å². The Labute approximate surface area is 109 Å². The summed E-state index contributed by atoms with van der Waals surface area (Å²) in [6.45, 7) is 2.73. The number of amides is 1. The van der Waals surface area contributed by atoms with Crippen LogP contribution in [0.25, 0.3) is 0 Å². The van der Waals surface area contributed by atoms with Gasteiger partial charge in [-0.25, -0.2) is 0 Å². The molecule has 0 aliphatic rings. The fraction of sp³-hybridized carbons (Fsp3) is 0.545. The van der Waals surface area contributed by atoms with E-state index in [9.17, 15) is 14.9 Å². The third kappa shape index (κ3) is 3.30. The van der Waals surface area contributed by atoms with Crippen LogP contribution in [0.4, 0.5) is 5.69 Å². The molecule has 0 unspecified atom stereocenters. The minimum Gasteiger partial charge on any atom is -0.394 e. The molecular weight excluding hydrogens is 254 g/mol. The fourth-order valence-electron chi connectivity index (χ4n) is 1.51. The van der Waals surface area contributed by atoms with Gasteiger partial charge in [0.15, 0.2) is 0 Å². The number of rotatable bonds is 6. The maximum atomic E-state index is 12.0. The number of carbonyl (C=O) groups excluding carboxylic acids is 1. The number of nitrogens with zero attached hydrogens (tertiary/aromatic N) is 2. The van der Waals surface area contributed by atoms with Gasteiger partial charge in [0.2, 0.25) is 0 Å². The number of aliphatic hydroxyl groups excluding tert-OH is 2. The molecular formula is C11H17N3O5. The highest BCUT2D eigenvalue weighted by atomic mass is 16.6. The summed E-state index contributed by atoms with van der Waals surface area (Å²) in [5.41, 5.74) is -1.24. The first-order chi connectivity index (χ1) is 8.86. The second kappa shape index (κ2) is 5.81. The van der Waals surface area contributed by atoms with E-state index in [4.69, 9.17) is 10.2 Å². The second-order valence-electron chi connectivity index (χ2n) is 4.46. The minimum absolute atomic E-state index is 0.113. The van der Waals surface area contributed by atoms with Crippen molar-refractivity contribution in [1.29, 1.82) is 0 Å². The lowest BCUT2D eigenvalue weighted by atomic mass is 10.1. The smallest absolute Gasteiger partial charge is 0.287 e. The van der Waals surface area contributed by atoms with Gasteiger partial charge in [-0.1, -0.05) is 0 Å². The molecule has 1 heterocycles. The molecule has 19 heavy (non-hydrogen) atoms. The van der Waals surface area contributed by atoms with Gasteiger partial charge in [-0.05, 0) is 13.8 Å². The van der Waals surface area contributed by atoms with Gasteiger partial charge in [0.1, 0.15) is 5.69 Å². The lowest BCUT2D eigenvalue weighted by Gasteiger charge is -2.26. The number of hydrogen-bond donors (Lipinski definition) is 3. The molecule has 0 saturated carbocycles. The summed E-state index contributed by atoms with van der Waals surface area (Å²) in [6.07, 6.45) is 1.27. The predicted molar refractivity (Wildman–Crippen MR) is 66.8 cm³/mol. The molecule has 1 aromatic heterocycles. The number of hydrogen-bond acceptors (Lipinski definition) is 5. The molecule has 8 heteroatoms. The Kier molecular flexibility index (Phi) is 4.62. The molecule has 1 rings (SSSR count). The molecule has 1 amide bonds. The molecule has 8 nitrogen and oxygen atoms in total. The lowest BCUT2D eigenvalue weighted by molar-refractivity contribution is -0.384. The van der Waals surface area contributed by atoms with Crippen molar-refractivity contribution in [3.8, 4) is 0 Å². The summed E-state index contributed by atoms with van der Waals surface area (Å²) in [5, 5.41) is 31.4. The zero-order valence-corrected chi connectivity index (χ0v) is 10.8. The van der Waals surface area contributed by atoms with Gasteiger partial charge in [0.25, 0.3) is 11.6 Å². The summed E-state index contributed by atoms with van der Waals surface area (Å²) < 4.78 is 1.43. The normalized spacial score (nSPS) is 11.4. The number of nitro groups is 1. The number of aromatic nitrogens is 1. The van der Waals surface area contributed by atoms with Crippen LogP contribution >= 0.6 is 0 Å². The third-order valence-electron chi connectivity index (χ3n) is 2.78. The van der Waals surface area contributed by atoms with Crippen LogP contribution in [-0.4, -0.2) is 44.4 Å². The summed E-state index contributed by atoms with van der Waals surface area (Å²) in [7, 11) is 0. The van der Waals surface area contributed by atoms with E-state index < -0.39 is 29.6 Å². The van der Waals surface area contributed by atoms with Gasteiger partial charge >= 0.3 is 0 Å². The maximum absolute atomic E-state index is 12.0. The van der Waals surface area contributed by atoms with Crippen molar-refractivity contribution >= 4 is 11.6 Å². The second-order valence-corrected chi connectivity index (χ2v) is 4.46. The standard InChI is InChI=1S/C11H17N3O5/c1-3-13-5-8(14(18)19)4-9(13)10(17)12-11(2,6-15)7-16/h4-5,15-16H,3,6-7H2,1-2H3,(H,12,17). The number of nitrogens with one attached hydrogen (secondary N) is 1. The van der Waals surface area contributed by atoms with E-state index in [0.29, 0.717) is 6.54 Å². The molecule has 0 spiro atoms. The Balaban J connectivity index is 3.02. The third-order valence-corrected chi connectivity index (χ3v) is 2.78. The molecule has 0 radical (unpaired) electrons. The Morgan fingerprint density at radius 2 is 2.11 bits per heavy atom. The first kappa shape index (κ1) is 15.1. The number of aryl methyl sites for hydroxylation is 1. The van der Waals surface area contributed by atoms with Crippen LogP contribution in [0.2, 0.25) is 0 Å². The van der Waals surface area contributed by atoms with Gasteiger partial charge in [-0.15, -0.1) is 0 Å². The molecule has 0 aromatic carbocycles. The Morgan fingerprint density at radius 1 is 1.53 bits per heavy atom. The lowest BCUT2D eigenvalue weighted by Crippen LogP contribution is -2.52. The van der Waals surface area contributed by atoms with E-state index in [1.807, 2.05) is 0 Å². The predicted octanol–water partition coefficient (Wildman–Crippen LogP) is -0.111. The molecule has 0 aliphatic heterocycles. The van der Waals surface area contributed by atoms with Crippen LogP contribution < -0.4 is 5.32 Å². The topological polar surface area (TPSA) is 118 Å². The van der Waals surface area contributed by atoms with Gasteiger partial charge in [0, 0.05) is 12.6 Å². The molecule has 0 aliphatic carbocycles. The fourth-order valence-corrected chi connectivity index (χ4v) is 1.51. The van der Waals surface area contributed by atoms with Crippen molar-refractivity contribution in [1.82, 2.24) is 9.88 Å². The van der Waals surface area contributed by atoms with Crippen LogP contribution in [0.3, 0.4) is 0 Å². The Morgan fingerprint density at radius 3 is 2.53 bits per heavy atom. The van der Waals surface area contributed by atoms with Crippen LogP contribution in [0.1, 0.15) is 24.3 Å². The van der Waals surface area contributed by atoms with Crippen LogP contribution in [0, 0.1) is 10.1 Å². The van der Waals surface area contributed by atoms with Crippen LogP contribution in [0.5, 0.6) is 0 Å². The van der Waals surface area contributed by atoms with E-state index >= 15 is 0 Å². The minimum atomic E-state index is -1.17. The Bertz CT molecular complexity index is 479. The number of aliphatic hydroxyl groups is 2. The quantitative estimate of drug-likeness (QED) is 0.493. The Hall–Kier alpha value is -1.93. The zero-order chi connectivity index (χ0) is 14.6. The zero-order valence-electron chi connectivity index (χ0n) is 10.8. The van der Waals surface area contributed by atoms with Crippen molar-refractivity contribution in [3.05, 3.63) is 28.1 Å². The summed E-state index contributed by atoms with van der Waals surface area (Å²) in [4.78, 5) is 22.1. The highest BCUT2D eigenvalue weighted by Gasteiger charge is 2.27. The average molecular weight is 271 g/mol. The van der Waals surface area contributed by atoms with E-state index in [-0.39, 0.29) is 11.4 Å². The SMILES string of the molecule is CCn1cc([N+](=O)[O-])cc1C(=O)NC(C)(CO)CO. The first-order valence-electron chi connectivity index (χ1n) is 5.75. The van der Waals surface area contributed by atoms with E-state index in [1.54, 1.807) is 6.92 Å². The van der Waals surface area contributed by atoms with Crippen LogP contribution in [-0.2, 0) is 6.54 Å². The molecule has 0 bridgehead atoms. The summed E-state index contributed by atoms with van der Waals surface area (Å²) in [6, 6.07) is 1.16. The van der Waals surface area contributed by atoms with E-state index in [0.717, 1.165) is 6.07 Å². The molecule has 1 aromatic rings. The van der Waals surface area contributed by atoms with Gasteiger partial charge in [-0.3, -0.25) is 14.9 Å². The van der Waals surface area contributed by atoms with Crippen molar-refractivity contribution < 1.29 is 19.9 Å². The largest absolute Gasteiger partial charge is 0.394 e. The first-order valence-corrected chi connectivity index (χ1v) is 5.75. The van der Waals surface area contributed by atoms with Gasteiger partial charge in [0.05, 0.1) is 29.9 Å². The molecule has 0 atom stereocenters. The summed E-state index contributed by atoms with van der Waals surface area (Å²) in [5.74, 6) is -0.583. The highest BCUT2D eigenvalue weighted by Crippen LogP contribution is 2.17. The molecule has 0 saturated heterocycles. The average Bonchev–Trinajstić information content (AvgIpc) is 2.82. The summed E-state index contributed by atoms with van der Waals surface area (Å²) >= 11 is 0. The van der Waals surface area contributed by atoms with E-state index in [2.05, 4.69) is 5.32 Å².